The van der Waals surface area contributed by atoms with Gasteiger partial charge in [-0.15, -0.1) is 0 Å². The normalized spacial score (nSPS) is 16.7. The molecule has 1 saturated carbocycles. The van der Waals surface area contributed by atoms with Gasteiger partial charge in [0.25, 0.3) is 0 Å². The molecule has 0 amide bonds. The zero-order chi connectivity index (χ0) is 13.1. The van der Waals surface area contributed by atoms with Crippen LogP contribution in [0.5, 0.6) is 0 Å². The Labute approximate surface area is 113 Å². The molecule has 19 heavy (non-hydrogen) atoms. The van der Waals surface area contributed by atoms with Crippen LogP contribution in [-0.2, 0) is 6.54 Å². The molecule has 0 aliphatic heterocycles. The largest absolute Gasteiger partial charge is 0.312 e. The lowest BCUT2D eigenvalue weighted by atomic mass is 10.2. The zero-order valence-corrected chi connectivity index (χ0v) is 11.3. The first-order valence-electron chi connectivity index (χ1n) is 6.98. The highest BCUT2D eigenvalue weighted by molar-refractivity contribution is 5.74. The molecule has 3 rings (SSSR count). The lowest BCUT2D eigenvalue weighted by Crippen LogP contribution is -2.36. The SMILES string of the molecule is CC(CNC1CC1)NCc1ccc2nccnc2c1. The number of hydrogen-bond acceptors (Lipinski definition) is 4. The average molecular weight is 256 g/mol. The third kappa shape index (κ3) is 3.49. The van der Waals surface area contributed by atoms with E-state index in [2.05, 4.69) is 39.7 Å². The maximum absolute atomic E-state index is 4.33. The van der Waals surface area contributed by atoms with Crippen molar-refractivity contribution in [2.24, 2.45) is 0 Å². The van der Waals surface area contributed by atoms with Gasteiger partial charge < -0.3 is 10.6 Å². The fourth-order valence-electron chi connectivity index (χ4n) is 2.11. The summed E-state index contributed by atoms with van der Waals surface area (Å²) in [5.41, 5.74) is 3.17. The van der Waals surface area contributed by atoms with E-state index < -0.39 is 0 Å². The molecule has 1 heterocycles. The molecule has 0 spiro atoms. The summed E-state index contributed by atoms with van der Waals surface area (Å²) < 4.78 is 0. The first-order valence-corrected chi connectivity index (χ1v) is 6.98. The van der Waals surface area contributed by atoms with Crippen LogP contribution in [0.2, 0.25) is 0 Å². The third-order valence-electron chi connectivity index (χ3n) is 3.48. The highest BCUT2D eigenvalue weighted by Crippen LogP contribution is 2.18. The van der Waals surface area contributed by atoms with E-state index in [1.807, 2.05) is 6.07 Å². The Morgan fingerprint density at radius 1 is 1.21 bits per heavy atom. The van der Waals surface area contributed by atoms with Crippen molar-refractivity contribution in [3.8, 4) is 0 Å². The summed E-state index contributed by atoms with van der Waals surface area (Å²) in [4.78, 5) is 8.61. The summed E-state index contributed by atoms with van der Waals surface area (Å²) in [5.74, 6) is 0. The van der Waals surface area contributed by atoms with Gasteiger partial charge in [0.15, 0.2) is 0 Å². The van der Waals surface area contributed by atoms with Crippen LogP contribution >= 0.6 is 0 Å². The van der Waals surface area contributed by atoms with Gasteiger partial charge in [0.2, 0.25) is 0 Å². The molecule has 1 aliphatic rings. The van der Waals surface area contributed by atoms with Crippen LogP contribution in [0.3, 0.4) is 0 Å². The molecule has 1 atom stereocenters. The second kappa shape index (κ2) is 5.63. The molecular weight excluding hydrogens is 236 g/mol. The van der Waals surface area contributed by atoms with Gasteiger partial charge in [-0.1, -0.05) is 6.07 Å². The summed E-state index contributed by atoms with van der Waals surface area (Å²) in [5, 5.41) is 7.07. The molecule has 1 aromatic heterocycles. The van der Waals surface area contributed by atoms with Crippen LogP contribution < -0.4 is 10.6 Å². The molecule has 2 N–H and O–H groups in total. The van der Waals surface area contributed by atoms with E-state index in [4.69, 9.17) is 0 Å². The van der Waals surface area contributed by atoms with Crippen LogP contribution in [0.15, 0.2) is 30.6 Å². The second-order valence-electron chi connectivity index (χ2n) is 5.34. The van der Waals surface area contributed by atoms with Gasteiger partial charge >= 0.3 is 0 Å². The van der Waals surface area contributed by atoms with Gasteiger partial charge in [0.1, 0.15) is 0 Å². The minimum atomic E-state index is 0.484. The van der Waals surface area contributed by atoms with Crippen molar-refractivity contribution in [1.82, 2.24) is 20.6 Å². The summed E-state index contributed by atoms with van der Waals surface area (Å²) in [7, 11) is 0. The van der Waals surface area contributed by atoms with E-state index in [0.29, 0.717) is 6.04 Å². The Morgan fingerprint density at radius 3 is 2.79 bits per heavy atom. The van der Waals surface area contributed by atoms with E-state index >= 15 is 0 Å². The van der Waals surface area contributed by atoms with Crippen LogP contribution in [0, 0.1) is 0 Å². The van der Waals surface area contributed by atoms with E-state index in [-0.39, 0.29) is 0 Å². The number of rotatable bonds is 6. The minimum Gasteiger partial charge on any atom is -0.312 e. The number of aromatic nitrogens is 2. The minimum absolute atomic E-state index is 0.484. The fourth-order valence-corrected chi connectivity index (χ4v) is 2.11. The van der Waals surface area contributed by atoms with Crippen LogP contribution in [-0.4, -0.2) is 28.6 Å². The molecule has 4 heteroatoms. The highest BCUT2D eigenvalue weighted by Gasteiger charge is 2.20. The van der Waals surface area contributed by atoms with Crippen molar-refractivity contribution in [3.63, 3.8) is 0 Å². The summed E-state index contributed by atoms with van der Waals surface area (Å²) >= 11 is 0. The monoisotopic (exact) mass is 256 g/mol. The van der Waals surface area contributed by atoms with E-state index in [1.54, 1.807) is 12.4 Å². The molecule has 2 aromatic rings. The first-order chi connectivity index (χ1) is 9.31. The quantitative estimate of drug-likeness (QED) is 0.828. The molecule has 4 nitrogen and oxygen atoms in total. The van der Waals surface area contributed by atoms with E-state index in [1.165, 1.54) is 18.4 Å². The Hall–Kier alpha value is -1.52. The van der Waals surface area contributed by atoms with Crippen LogP contribution in [0.1, 0.15) is 25.3 Å². The molecule has 1 fully saturated rings. The summed E-state index contributed by atoms with van der Waals surface area (Å²) in [6.07, 6.45) is 6.15. The molecule has 0 radical (unpaired) electrons. The molecule has 1 aromatic carbocycles. The first kappa shape index (κ1) is 12.5. The van der Waals surface area contributed by atoms with Gasteiger partial charge in [-0.05, 0) is 37.5 Å². The Morgan fingerprint density at radius 2 is 2.00 bits per heavy atom. The Balaban J connectivity index is 1.55. The van der Waals surface area contributed by atoms with Gasteiger partial charge in [0, 0.05) is 37.6 Å². The molecule has 100 valence electrons. The highest BCUT2D eigenvalue weighted by atomic mass is 15.0. The topological polar surface area (TPSA) is 49.8 Å². The van der Waals surface area contributed by atoms with Gasteiger partial charge in [0.05, 0.1) is 11.0 Å². The van der Waals surface area contributed by atoms with Gasteiger partial charge in [-0.3, -0.25) is 9.97 Å². The smallest absolute Gasteiger partial charge is 0.0890 e. The molecule has 1 aliphatic carbocycles. The lowest BCUT2D eigenvalue weighted by Gasteiger charge is -2.14. The van der Waals surface area contributed by atoms with Crippen LogP contribution in [0.4, 0.5) is 0 Å². The Kier molecular flexibility index (Phi) is 3.71. The number of benzene rings is 1. The molecule has 0 saturated heterocycles. The predicted molar refractivity (Wildman–Crippen MR) is 76.9 cm³/mol. The van der Waals surface area contributed by atoms with E-state index in [9.17, 15) is 0 Å². The second-order valence-corrected chi connectivity index (χ2v) is 5.34. The number of nitrogens with one attached hydrogen (secondary N) is 2. The standard InChI is InChI=1S/C15H20N4/c1-11(9-19-13-3-4-13)18-10-12-2-5-14-15(8-12)17-7-6-16-14/h2,5-8,11,13,18-19H,3-4,9-10H2,1H3. The number of nitrogens with zero attached hydrogens (tertiary/aromatic N) is 2. The van der Waals surface area contributed by atoms with Gasteiger partial charge in [-0.25, -0.2) is 0 Å². The number of fused-ring (bicyclic) bond motifs is 1. The van der Waals surface area contributed by atoms with Gasteiger partial charge in [-0.2, -0.15) is 0 Å². The lowest BCUT2D eigenvalue weighted by molar-refractivity contribution is 0.500. The van der Waals surface area contributed by atoms with Crippen molar-refractivity contribution in [2.75, 3.05) is 6.54 Å². The van der Waals surface area contributed by atoms with Crippen molar-refractivity contribution in [1.29, 1.82) is 0 Å². The maximum Gasteiger partial charge on any atom is 0.0890 e. The summed E-state index contributed by atoms with van der Waals surface area (Å²) in [6.45, 7) is 4.13. The zero-order valence-electron chi connectivity index (χ0n) is 11.3. The number of hydrogen-bond donors (Lipinski definition) is 2. The molecule has 1 unspecified atom stereocenters. The summed E-state index contributed by atoms with van der Waals surface area (Å²) in [6, 6.07) is 7.52. The van der Waals surface area contributed by atoms with Crippen molar-refractivity contribution >= 4 is 11.0 Å². The van der Waals surface area contributed by atoms with Crippen molar-refractivity contribution in [2.45, 2.75) is 38.4 Å². The van der Waals surface area contributed by atoms with E-state index in [0.717, 1.165) is 30.2 Å². The van der Waals surface area contributed by atoms with Crippen molar-refractivity contribution in [3.05, 3.63) is 36.2 Å². The maximum atomic E-state index is 4.33. The fraction of sp³-hybridized carbons (Fsp3) is 0.467. The predicted octanol–water partition coefficient (Wildman–Crippen LogP) is 1.86. The average Bonchev–Trinajstić information content (AvgIpc) is 3.27. The third-order valence-corrected chi connectivity index (χ3v) is 3.48. The molecular formula is C15H20N4. The molecule has 0 bridgehead atoms. The van der Waals surface area contributed by atoms with Crippen molar-refractivity contribution < 1.29 is 0 Å². The van der Waals surface area contributed by atoms with Crippen LogP contribution in [0.25, 0.3) is 11.0 Å². The Bertz CT molecular complexity index is 551.